The Hall–Kier alpha value is -2.11. The smallest absolute Gasteiger partial charge is 0.338 e. The molecule has 0 spiro atoms. The molecule has 1 aromatic rings. The molecule has 1 aromatic carbocycles. The fourth-order valence-corrected chi connectivity index (χ4v) is 1.84. The molecule has 2 amide bonds. The van der Waals surface area contributed by atoms with E-state index in [0.29, 0.717) is 0 Å². The summed E-state index contributed by atoms with van der Waals surface area (Å²) in [7, 11) is 0. The quantitative estimate of drug-likeness (QED) is 0.776. The fraction of sp³-hybridized carbons (Fsp3) is 0.429. The Morgan fingerprint density at radius 2 is 2.00 bits per heavy atom. The second-order valence-corrected chi connectivity index (χ2v) is 4.86. The highest BCUT2D eigenvalue weighted by molar-refractivity contribution is 5.91. The number of halogens is 1. The largest absolute Gasteiger partial charge is 0.478 e. The number of anilines is 1. The van der Waals surface area contributed by atoms with Crippen molar-refractivity contribution in [2.24, 2.45) is 5.92 Å². The van der Waals surface area contributed by atoms with Crippen molar-refractivity contribution < 1.29 is 19.1 Å². The van der Waals surface area contributed by atoms with Crippen molar-refractivity contribution >= 4 is 17.7 Å². The number of amides is 2. The Kier molecular flexibility index (Phi) is 5.49. The molecule has 0 heterocycles. The molecule has 0 aliphatic heterocycles. The summed E-state index contributed by atoms with van der Waals surface area (Å²) in [6, 6.07) is 3.04. The number of nitrogens with one attached hydrogen (secondary N) is 2. The number of aromatic carboxylic acids is 1. The van der Waals surface area contributed by atoms with Gasteiger partial charge in [0.25, 0.3) is 0 Å². The minimum atomic E-state index is -1.34. The molecule has 1 rings (SSSR count). The van der Waals surface area contributed by atoms with Crippen LogP contribution in [0, 0.1) is 11.7 Å². The Balaban J connectivity index is 2.71. The third-order valence-electron chi connectivity index (χ3n) is 3.02. The first-order chi connectivity index (χ1) is 9.35. The van der Waals surface area contributed by atoms with Crippen molar-refractivity contribution in [2.75, 3.05) is 5.32 Å². The van der Waals surface area contributed by atoms with Gasteiger partial charge in [-0.15, -0.1) is 0 Å². The Labute approximate surface area is 117 Å². The van der Waals surface area contributed by atoms with E-state index in [-0.39, 0.29) is 17.6 Å². The average molecular weight is 282 g/mol. The number of carboxylic acids is 1. The van der Waals surface area contributed by atoms with Gasteiger partial charge in [-0.25, -0.2) is 14.0 Å². The maximum atomic E-state index is 13.5. The summed E-state index contributed by atoms with van der Waals surface area (Å²) in [4.78, 5) is 22.4. The van der Waals surface area contributed by atoms with E-state index in [2.05, 4.69) is 10.6 Å². The van der Waals surface area contributed by atoms with E-state index >= 15 is 0 Å². The van der Waals surface area contributed by atoms with Crippen LogP contribution in [-0.2, 0) is 0 Å². The highest BCUT2D eigenvalue weighted by atomic mass is 19.1. The van der Waals surface area contributed by atoms with Crippen molar-refractivity contribution in [3.63, 3.8) is 0 Å². The normalized spacial score (nSPS) is 12.1. The predicted molar refractivity (Wildman–Crippen MR) is 74.4 cm³/mol. The van der Waals surface area contributed by atoms with Crippen molar-refractivity contribution in [1.82, 2.24) is 5.32 Å². The van der Waals surface area contributed by atoms with Gasteiger partial charge in [-0.3, -0.25) is 0 Å². The molecule has 0 saturated heterocycles. The van der Waals surface area contributed by atoms with E-state index in [0.717, 1.165) is 18.6 Å². The third-order valence-corrected chi connectivity index (χ3v) is 3.02. The van der Waals surface area contributed by atoms with Crippen LogP contribution in [0.15, 0.2) is 18.2 Å². The highest BCUT2D eigenvalue weighted by Gasteiger charge is 2.15. The van der Waals surface area contributed by atoms with Gasteiger partial charge in [-0.2, -0.15) is 0 Å². The summed E-state index contributed by atoms with van der Waals surface area (Å²) in [5, 5.41) is 14.0. The van der Waals surface area contributed by atoms with E-state index in [1.54, 1.807) is 0 Å². The van der Waals surface area contributed by atoms with Gasteiger partial charge < -0.3 is 15.7 Å². The molecule has 0 radical (unpaired) electrons. The van der Waals surface area contributed by atoms with Crippen LogP contribution >= 0.6 is 0 Å². The number of hydrogen-bond acceptors (Lipinski definition) is 2. The van der Waals surface area contributed by atoms with Gasteiger partial charge in [0.2, 0.25) is 0 Å². The highest BCUT2D eigenvalue weighted by Crippen LogP contribution is 2.15. The first kappa shape index (κ1) is 15.9. The van der Waals surface area contributed by atoms with Crippen molar-refractivity contribution in [3.8, 4) is 0 Å². The Morgan fingerprint density at radius 3 is 2.45 bits per heavy atom. The summed E-state index contributed by atoms with van der Waals surface area (Å²) in [6.45, 7) is 5.96. The van der Waals surface area contributed by atoms with Crippen LogP contribution in [-0.4, -0.2) is 23.1 Å². The molecule has 0 aliphatic rings. The van der Waals surface area contributed by atoms with Crippen LogP contribution in [0.1, 0.15) is 37.6 Å². The summed E-state index contributed by atoms with van der Waals surface area (Å²) in [6.07, 6.45) is 0.789. The van der Waals surface area contributed by atoms with E-state index in [9.17, 15) is 14.0 Å². The lowest BCUT2D eigenvalue weighted by Gasteiger charge is -2.21. The van der Waals surface area contributed by atoms with Crippen LogP contribution in [0.3, 0.4) is 0 Å². The lowest BCUT2D eigenvalue weighted by molar-refractivity contribution is 0.0692. The van der Waals surface area contributed by atoms with Crippen LogP contribution in [0.2, 0.25) is 0 Å². The summed E-state index contributed by atoms with van der Waals surface area (Å²) in [5.41, 5.74) is -0.215. The van der Waals surface area contributed by atoms with Crippen LogP contribution in [0.4, 0.5) is 14.9 Å². The second kappa shape index (κ2) is 6.88. The molecule has 5 nitrogen and oxygen atoms in total. The standard InChI is InChI=1S/C14H19FN2O3/c1-4-12(8(2)3)17-14(20)16-9-5-6-10(13(18)19)11(15)7-9/h5-8,12H,4H2,1-3H3,(H,18,19)(H2,16,17,20). The number of benzene rings is 1. The number of carboxylic acid groups (broad SMARTS) is 1. The topological polar surface area (TPSA) is 78.4 Å². The number of rotatable bonds is 5. The molecule has 0 fully saturated rings. The van der Waals surface area contributed by atoms with E-state index < -0.39 is 23.4 Å². The molecule has 0 saturated carbocycles. The molecule has 110 valence electrons. The molecule has 1 unspecified atom stereocenters. The molecule has 1 atom stereocenters. The molecular formula is C14H19FN2O3. The average Bonchev–Trinajstić information content (AvgIpc) is 2.35. The van der Waals surface area contributed by atoms with Crippen LogP contribution < -0.4 is 10.6 Å². The zero-order chi connectivity index (χ0) is 15.3. The lowest BCUT2D eigenvalue weighted by atomic mass is 10.0. The molecule has 3 N–H and O–H groups in total. The van der Waals surface area contributed by atoms with Crippen molar-refractivity contribution in [1.29, 1.82) is 0 Å². The van der Waals surface area contributed by atoms with Crippen molar-refractivity contribution in [3.05, 3.63) is 29.6 Å². The van der Waals surface area contributed by atoms with Gasteiger partial charge in [0.15, 0.2) is 0 Å². The van der Waals surface area contributed by atoms with Crippen molar-refractivity contribution in [2.45, 2.75) is 33.2 Å². The van der Waals surface area contributed by atoms with Gasteiger partial charge >= 0.3 is 12.0 Å². The SMILES string of the molecule is CCC(NC(=O)Nc1ccc(C(=O)O)c(F)c1)C(C)C. The maximum absolute atomic E-state index is 13.5. The molecule has 6 heteroatoms. The summed E-state index contributed by atoms with van der Waals surface area (Å²) < 4.78 is 13.5. The monoisotopic (exact) mass is 282 g/mol. The first-order valence-corrected chi connectivity index (χ1v) is 6.45. The van der Waals surface area contributed by atoms with E-state index in [1.807, 2.05) is 20.8 Å². The van der Waals surface area contributed by atoms with Crippen LogP contribution in [0.25, 0.3) is 0 Å². The summed E-state index contributed by atoms with van der Waals surface area (Å²) in [5.74, 6) is -1.94. The number of carbonyl (C=O) groups is 2. The van der Waals surface area contributed by atoms with Gasteiger partial charge in [0.1, 0.15) is 5.82 Å². The van der Waals surface area contributed by atoms with Crippen LogP contribution in [0.5, 0.6) is 0 Å². The minimum Gasteiger partial charge on any atom is -0.478 e. The zero-order valence-corrected chi connectivity index (χ0v) is 11.7. The Bertz CT molecular complexity index is 503. The van der Waals surface area contributed by atoms with Gasteiger partial charge in [0, 0.05) is 11.7 Å². The zero-order valence-electron chi connectivity index (χ0n) is 11.7. The number of urea groups is 1. The van der Waals surface area contributed by atoms with E-state index in [4.69, 9.17) is 5.11 Å². The van der Waals surface area contributed by atoms with E-state index in [1.165, 1.54) is 6.07 Å². The predicted octanol–water partition coefficient (Wildman–Crippen LogP) is 3.08. The maximum Gasteiger partial charge on any atom is 0.338 e. The second-order valence-electron chi connectivity index (χ2n) is 4.86. The number of hydrogen-bond donors (Lipinski definition) is 3. The molecule has 0 aliphatic carbocycles. The molecule has 20 heavy (non-hydrogen) atoms. The fourth-order valence-electron chi connectivity index (χ4n) is 1.84. The molecular weight excluding hydrogens is 263 g/mol. The molecule has 0 bridgehead atoms. The van der Waals surface area contributed by atoms with Gasteiger partial charge in [-0.1, -0.05) is 20.8 Å². The van der Waals surface area contributed by atoms with Gasteiger partial charge in [0.05, 0.1) is 5.56 Å². The molecule has 0 aromatic heterocycles. The third kappa shape index (κ3) is 4.22. The van der Waals surface area contributed by atoms with Gasteiger partial charge in [-0.05, 0) is 30.5 Å². The lowest BCUT2D eigenvalue weighted by Crippen LogP contribution is -2.40. The minimum absolute atomic E-state index is 0.0261. The number of carbonyl (C=O) groups excluding carboxylic acids is 1. The Morgan fingerprint density at radius 1 is 1.35 bits per heavy atom. The summed E-state index contributed by atoms with van der Waals surface area (Å²) >= 11 is 0. The first-order valence-electron chi connectivity index (χ1n) is 6.45.